The summed E-state index contributed by atoms with van der Waals surface area (Å²) < 4.78 is 35.8. The van der Waals surface area contributed by atoms with Crippen LogP contribution in [0.4, 0.5) is 10.1 Å². The lowest BCUT2D eigenvalue weighted by Crippen LogP contribution is -2.16. The van der Waals surface area contributed by atoms with Crippen LogP contribution < -0.4 is 10.5 Å². The maximum absolute atomic E-state index is 13.5. The fraction of sp³-hybridized carbons (Fsp3) is 0. The molecule has 0 fully saturated rings. The summed E-state index contributed by atoms with van der Waals surface area (Å²) in [5.41, 5.74) is -0.175. The first kappa shape index (κ1) is 13.2. The van der Waals surface area contributed by atoms with Gasteiger partial charge in [-0.05, 0) is 24.3 Å². The molecule has 0 radical (unpaired) electrons. The zero-order valence-electron chi connectivity index (χ0n) is 9.42. The number of rotatable bonds is 3. The first-order valence-corrected chi connectivity index (χ1v) is 6.55. The molecule has 0 bridgehead atoms. The fourth-order valence-corrected chi connectivity index (χ4v) is 1.89. The van der Waals surface area contributed by atoms with Crippen LogP contribution >= 0.6 is 0 Å². The number of sulfonamides is 1. The van der Waals surface area contributed by atoms with Crippen molar-refractivity contribution >= 4 is 21.6 Å². The average molecular weight is 284 g/mol. The molecule has 0 atom stereocenters. The quantitative estimate of drug-likeness (QED) is 0.758. The molecule has 19 heavy (non-hydrogen) atoms. The molecule has 9 heteroatoms. The van der Waals surface area contributed by atoms with Crippen molar-refractivity contribution in [3.8, 4) is 0 Å². The van der Waals surface area contributed by atoms with Crippen LogP contribution in [-0.2, 0) is 10.0 Å². The van der Waals surface area contributed by atoms with Gasteiger partial charge in [-0.2, -0.15) is 5.10 Å². The van der Waals surface area contributed by atoms with E-state index in [0.717, 1.165) is 18.2 Å². The Morgan fingerprint density at radius 2 is 2.11 bits per heavy atom. The number of hydrogen-bond donors (Lipinski definition) is 3. The third-order valence-corrected chi connectivity index (χ3v) is 3.17. The molecule has 2 rings (SSSR count). The number of H-pyrrole nitrogens is 1. The van der Waals surface area contributed by atoms with E-state index < -0.39 is 21.7 Å². The summed E-state index contributed by atoms with van der Waals surface area (Å²) in [6.45, 7) is 0. The molecule has 1 aromatic carbocycles. The molecule has 7 nitrogen and oxygen atoms in total. The number of benzene rings is 1. The molecule has 0 spiro atoms. The Bertz CT molecular complexity index is 712. The minimum atomic E-state index is -3.97. The smallest absolute Gasteiger partial charge is 0.273 e. The lowest BCUT2D eigenvalue weighted by Gasteiger charge is -2.06. The van der Waals surface area contributed by atoms with Crippen molar-refractivity contribution in [2.75, 3.05) is 5.32 Å². The van der Waals surface area contributed by atoms with Gasteiger partial charge in [0.1, 0.15) is 11.5 Å². The summed E-state index contributed by atoms with van der Waals surface area (Å²) in [5, 5.41) is 13.1. The van der Waals surface area contributed by atoms with Crippen LogP contribution in [0, 0.1) is 5.82 Å². The van der Waals surface area contributed by atoms with E-state index >= 15 is 0 Å². The molecular weight excluding hydrogens is 275 g/mol. The highest BCUT2D eigenvalue weighted by molar-refractivity contribution is 7.89. The SMILES string of the molecule is NS(=O)(=O)c1ccc(F)c(NC(=O)c2ccn[nH]2)c1. The summed E-state index contributed by atoms with van der Waals surface area (Å²) in [5.74, 6) is -1.43. The Kier molecular flexibility index (Phi) is 3.32. The number of carbonyl (C=O) groups excluding carboxylic acids is 1. The topological polar surface area (TPSA) is 118 Å². The van der Waals surface area contributed by atoms with Crippen LogP contribution in [0.1, 0.15) is 10.5 Å². The van der Waals surface area contributed by atoms with E-state index in [1.54, 1.807) is 0 Å². The lowest BCUT2D eigenvalue weighted by molar-refractivity contribution is 0.102. The zero-order valence-corrected chi connectivity index (χ0v) is 10.2. The summed E-state index contributed by atoms with van der Waals surface area (Å²) in [6, 6.07) is 4.24. The first-order valence-electron chi connectivity index (χ1n) is 5.01. The lowest BCUT2D eigenvalue weighted by atomic mass is 10.3. The number of halogens is 1. The Morgan fingerprint density at radius 3 is 2.68 bits per heavy atom. The van der Waals surface area contributed by atoms with Gasteiger partial charge < -0.3 is 5.32 Å². The Morgan fingerprint density at radius 1 is 1.37 bits per heavy atom. The highest BCUT2D eigenvalue weighted by Gasteiger charge is 2.14. The molecule has 100 valence electrons. The molecule has 1 amide bonds. The molecule has 0 unspecified atom stereocenters. The van der Waals surface area contributed by atoms with Crippen molar-refractivity contribution in [3.63, 3.8) is 0 Å². The molecule has 0 saturated carbocycles. The predicted octanol–water partition coefficient (Wildman–Crippen LogP) is 0.449. The third-order valence-electron chi connectivity index (χ3n) is 2.26. The molecule has 2 aromatic rings. The number of nitrogens with one attached hydrogen (secondary N) is 2. The zero-order chi connectivity index (χ0) is 14.0. The molecule has 1 aromatic heterocycles. The van der Waals surface area contributed by atoms with Gasteiger partial charge in [-0.15, -0.1) is 0 Å². The standard InChI is InChI=1S/C10H9FN4O3S/c11-7-2-1-6(19(12,17)18)5-9(7)14-10(16)8-3-4-13-15-8/h1-5H,(H,13,15)(H,14,16)(H2,12,17,18). The number of amides is 1. The van der Waals surface area contributed by atoms with Gasteiger partial charge in [-0.1, -0.05) is 0 Å². The van der Waals surface area contributed by atoms with E-state index in [4.69, 9.17) is 5.14 Å². The van der Waals surface area contributed by atoms with Gasteiger partial charge >= 0.3 is 0 Å². The fourth-order valence-electron chi connectivity index (χ4n) is 1.35. The van der Waals surface area contributed by atoms with Crippen molar-refractivity contribution in [2.45, 2.75) is 4.90 Å². The molecule has 0 aliphatic carbocycles. The Hall–Kier alpha value is -2.26. The predicted molar refractivity (Wildman–Crippen MR) is 64.3 cm³/mol. The van der Waals surface area contributed by atoms with Crippen LogP contribution in [0.25, 0.3) is 0 Å². The molecule has 1 heterocycles. The van der Waals surface area contributed by atoms with E-state index in [9.17, 15) is 17.6 Å². The largest absolute Gasteiger partial charge is 0.318 e. The minimum absolute atomic E-state index is 0.111. The van der Waals surface area contributed by atoms with Gasteiger partial charge in [0.05, 0.1) is 10.6 Å². The number of nitrogens with two attached hydrogens (primary N) is 1. The summed E-state index contributed by atoms with van der Waals surface area (Å²) in [4.78, 5) is 11.4. The maximum atomic E-state index is 13.5. The normalized spacial score (nSPS) is 11.3. The third kappa shape index (κ3) is 2.95. The summed E-state index contributed by atoms with van der Waals surface area (Å²) in [6.07, 6.45) is 1.35. The molecular formula is C10H9FN4O3S. The van der Waals surface area contributed by atoms with Crippen LogP contribution in [0.15, 0.2) is 35.4 Å². The minimum Gasteiger partial charge on any atom is -0.318 e. The van der Waals surface area contributed by atoms with Crippen molar-refractivity contribution in [1.29, 1.82) is 0 Å². The van der Waals surface area contributed by atoms with E-state index in [2.05, 4.69) is 15.5 Å². The number of nitrogens with zero attached hydrogens (tertiary/aromatic N) is 1. The van der Waals surface area contributed by atoms with Crippen molar-refractivity contribution < 1.29 is 17.6 Å². The molecule has 0 aliphatic rings. The van der Waals surface area contributed by atoms with Crippen LogP contribution in [0.2, 0.25) is 0 Å². The maximum Gasteiger partial charge on any atom is 0.273 e. The number of anilines is 1. The summed E-state index contributed by atoms with van der Waals surface area (Å²) in [7, 11) is -3.97. The molecule has 4 N–H and O–H groups in total. The Labute approximate surface area is 107 Å². The van der Waals surface area contributed by atoms with Gasteiger partial charge in [0.15, 0.2) is 0 Å². The second-order valence-corrected chi connectivity index (χ2v) is 5.17. The van der Waals surface area contributed by atoms with Gasteiger partial charge in [0.25, 0.3) is 5.91 Å². The highest BCUT2D eigenvalue weighted by atomic mass is 32.2. The monoisotopic (exact) mass is 284 g/mol. The average Bonchev–Trinajstić information content (AvgIpc) is 2.84. The summed E-state index contributed by atoms with van der Waals surface area (Å²) >= 11 is 0. The van der Waals surface area contributed by atoms with E-state index in [1.807, 2.05) is 0 Å². The van der Waals surface area contributed by atoms with Crippen molar-refractivity contribution in [1.82, 2.24) is 10.2 Å². The number of aromatic amines is 1. The highest BCUT2D eigenvalue weighted by Crippen LogP contribution is 2.19. The Balaban J connectivity index is 2.32. The van der Waals surface area contributed by atoms with E-state index in [1.165, 1.54) is 12.3 Å². The second-order valence-electron chi connectivity index (χ2n) is 3.61. The number of hydrogen-bond acceptors (Lipinski definition) is 4. The van der Waals surface area contributed by atoms with Gasteiger partial charge in [-0.3, -0.25) is 9.89 Å². The van der Waals surface area contributed by atoms with Crippen LogP contribution in [-0.4, -0.2) is 24.5 Å². The van der Waals surface area contributed by atoms with Crippen molar-refractivity contribution in [2.24, 2.45) is 5.14 Å². The number of primary sulfonamides is 1. The van der Waals surface area contributed by atoms with Gasteiger partial charge in [-0.25, -0.2) is 17.9 Å². The van der Waals surface area contributed by atoms with E-state index in [0.29, 0.717) is 0 Å². The second kappa shape index (κ2) is 4.78. The number of aromatic nitrogens is 2. The van der Waals surface area contributed by atoms with Crippen LogP contribution in [0.5, 0.6) is 0 Å². The van der Waals surface area contributed by atoms with Crippen LogP contribution in [0.3, 0.4) is 0 Å². The van der Waals surface area contributed by atoms with Gasteiger partial charge in [0.2, 0.25) is 10.0 Å². The number of carbonyl (C=O) groups is 1. The molecule has 0 aliphatic heterocycles. The van der Waals surface area contributed by atoms with Crippen molar-refractivity contribution in [3.05, 3.63) is 42.0 Å². The van der Waals surface area contributed by atoms with E-state index in [-0.39, 0.29) is 16.3 Å². The van der Waals surface area contributed by atoms with Gasteiger partial charge in [0, 0.05) is 6.20 Å². The first-order chi connectivity index (χ1) is 8.88. The molecule has 0 saturated heterocycles.